The van der Waals surface area contributed by atoms with Crippen LogP contribution in [0.4, 0.5) is 0 Å². The lowest BCUT2D eigenvalue weighted by Crippen LogP contribution is -2.42. The van der Waals surface area contributed by atoms with Crippen LogP contribution in [-0.4, -0.2) is 36.4 Å². The van der Waals surface area contributed by atoms with Gasteiger partial charge in [0.1, 0.15) is 0 Å². The summed E-state index contributed by atoms with van der Waals surface area (Å²) in [6, 6.07) is 0. The highest BCUT2D eigenvalue weighted by Crippen LogP contribution is 2.26. The molecule has 4 heteroatoms. The Bertz CT molecular complexity index is 223. The van der Waals surface area contributed by atoms with Crippen molar-refractivity contribution in [3.63, 3.8) is 0 Å². The van der Waals surface area contributed by atoms with Crippen LogP contribution in [0.25, 0.3) is 0 Å². The van der Waals surface area contributed by atoms with Gasteiger partial charge in [0, 0.05) is 19.6 Å². The average Bonchev–Trinajstić information content (AvgIpc) is 2.53. The van der Waals surface area contributed by atoms with Crippen LogP contribution in [0.3, 0.4) is 0 Å². The Kier molecular flexibility index (Phi) is 6.52. The van der Waals surface area contributed by atoms with Crippen molar-refractivity contribution in [2.45, 2.75) is 57.5 Å². The number of hydrogen-bond acceptors (Lipinski definition) is 3. The highest BCUT2D eigenvalue weighted by Gasteiger charge is 2.28. The van der Waals surface area contributed by atoms with E-state index in [4.69, 9.17) is 4.74 Å². The summed E-state index contributed by atoms with van der Waals surface area (Å²) >= 11 is 0. The Morgan fingerprint density at radius 2 is 1.94 bits per heavy atom. The highest BCUT2D eigenvalue weighted by molar-refractivity contribution is 5.76. The molecule has 0 spiro atoms. The van der Waals surface area contributed by atoms with Crippen molar-refractivity contribution in [1.82, 2.24) is 5.32 Å². The van der Waals surface area contributed by atoms with E-state index in [0.717, 1.165) is 25.7 Å². The van der Waals surface area contributed by atoms with Crippen LogP contribution in [-0.2, 0) is 9.53 Å². The Morgan fingerprint density at radius 1 is 1.29 bits per heavy atom. The quantitative estimate of drug-likeness (QED) is 0.550. The van der Waals surface area contributed by atoms with Crippen molar-refractivity contribution in [2.24, 2.45) is 0 Å². The molecule has 4 nitrogen and oxygen atoms in total. The molecule has 1 saturated carbocycles. The first-order valence-corrected chi connectivity index (χ1v) is 6.73. The lowest BCUT2D eigenvalue weighted by molar-refractivity contribution is -0.123. The minimum atomic E-state index is -0.683. The zero-order valence-electron chi connectivity index (χ0n) is 10.8. The van der Waals surface area contributed by atoms with Gasteiger partial charge < -0.3 is 15.2 Å². The van der Waals surface area contributed by atoms with Crippen molar-refractivity contribution in [3.8, 4) is 0 Å². The fourth-order valence-corrected chi connectivity index (χ4v) is 2.22. The molecule has 0 aromatic rings. The molecule has 0 atom stereocenters. The minimum Gasteiger partial charge on any atom is -0.388 e. The summed E-state index contributed by atoms with van der Waals surface area (Å²) in [5, 5.41) is 13.1. The molecule has 0 radical (unpaired) electrons. The second-order valence-corrected chi connectivity index (χ2v) is 4.86. The molecular weight excluding hydrogens is 218 g/mol. The van der Waals surface area contributed by atoms with Crippen molar-refractivity contribution < 1.29 is 14.6 Å². The molecular formula is C13H25NO3. The summed E-state index contributed by atoms with van der Waals surface area (Å²) in [4.78, 5) is 11.5. The smallest absolute Gasteiger partial charge is 0.222 e. The maximum atomic E-state index is 11.5. The first-order valence-electron chi connectivity index (χ1n) is 6.73. The Labute approximate surface area is 104 Å². The molecule has 0 heterocycles. The summed E-state index contributed by atoms with van der Waals surface area (Å²) in [5.74, 6) is -0.0314. The van der Waals surface area contributed by atoms with Gasteiger partial charge >= 0.3 is 0 Å². The van der Waals surface area contributed by atoms with Gasteiger partial charge in [0.25, 0.3) is 0 Å². The van der Waals surface area contributed by atoms with Crippen molar-refractivity contribution in [2.75, 3.05) is 19.8 Å². The third-order valence-electron chi connectivity index (χ3n) is 3.33. The van der Waals surface area contributed by atoms with E-state index in [1.165, 1.54) is 12.8 Å². The van der Waals surface area contributed by atoms with Gasteiger partial charge in [-0.25, -0.2) is 0 Å². The number of amides is 1. The summed E-state index contributed by atoms with van der Waals surface area (Å²) in [6.07, 6.45) is 6.50. The second-order valence-electron chi connectivity index (χ2n) is 4.86. The zero-order chi connectivity index (χ0) is 12.6. The van der Waals surface area contributed by atoms with E-state index in [0.29, 0.717) is 26.2 Å². The molecule has 0 bridgehead atoms. The topological polar surface area (TPSA) is 58.6 Å². The monoisotopic (exact) mass is 243 g/mol. The Morgan fingerprint density at radius 3 is 2.53 bits per heavy atom. The fraction of sp³-hybridized carbons (Fsp3) is 0.923. The molecule has 0 aromatic heterocycles. The van der Waals surface area contributed by atoms with Crippen LogP contribution in [0.5, 0.6) is 0 Å². The van der Waals surface area contributed by atoms with Gasteiger partial charge in [-0.1, -0.05) is 25.7 Å². The first-order chi connectivity index (χ1) is 8.16. The predicted molar refractivity (Wildman–Crippen MR) is 66.8 cm³/mol. The summed E-state index contributed by atoms with van der Waals surface area (Å²) in [7, 11) is 0. The third kappa shape index (κ3) is 6.03. The van der Waals surface area contributed by atoms with Crippen molar-refractivity contribution >= 4 is 5.91 Å². The minimum absolute atomic E-state index is 0.0314. The summed E-state index contributed by atoms with van der Waals surface area (Å²) < 4.78 is 5.12. The first kappa shape index (κ1) is 14.5. The number of nitrogens with one attached hydrogen (secondary N) is 1. The molecule has 1 amide bonds. The van der Waals surface area contributed by atoms with Gasteiger partial charge in [0.05, 0.1) is 12.2 Å². The standard InChI is InChI=1S/C13H25NO3/c1-2-17-10-7-12(15)14-11-13(16)8-5-3-4-6-9-13/h16H,2-11H2,1H3,(H,14,15). The molecule has 0 saturated heterocycles. The molecule has 0 aliphatic heterocycles. The SMILES string of the molecule is CCOCCC(=O)NCC1(O)CCCCCC1. The van der Waals surface area contributed by atoms with Gasteiger partial charge in [-0.3, -0.25) is 4.79 Å². The van der Waals surface area contributed by atoms with Crippen molar-refractivity contribution in [1.29, 1.82) is 0 Å². The molecule has 0 unspecified atom stereocenters. The number of ether oxygens (including phenoxy) is 1. The number of carbonyl (C=O) groups is 1. The van der Waals surface area contributed by atoms with Crippen LogP contribution < -0.4 is 5.32 Å². The van der Waals surface area contributed by atoms with E-state index in [2.05, 4.69) is 5.32 Å². The normalized spacial score (nSPS) is 19.6. The zero-order valence-corrected chi connectivity index (χ0v) is 10.8. The number of carbonyl (C=O) groups excluding carboxylic acids is 1. The van der Waals surface area contributed by atoms with E-state index in [1.54, 1.807) is 0 Å². The maximum absolute atomic E-state index is 11.5. The average molecular weight is 243 g/mol. The fourth-order valence-electron chi connectivity index (χ4n) is 2.22. The molecule has 0 aromatic carbocycles. The van der Waals surface area contributed by atoms with Gasteiger partial charge in [-0.15, -0.1) is 0 Å². The van der Waals surface area contributed by atoms with E-state index < -0.39 is 5.60 Å². The van der Waals surface area contributed by atoms with E-state index >= 15 is 0 Å². The molecule has 100 valence electrons. The highest BCUT2D eigenvalue weighted by atomic mass is 16.5. The van der Waals surface area contributed by atoms with Crippen LogP contribution in [0.2, 0.25) is 0 Å². The van der Waals surface area contributed by atoms with Gasteiger partial charge in [0.2, 0.25) is 5.91 Å². The Hall–Kier alpha value is -0.610. The summed E-state index contributed by atoms with van der Waals surface area (Å²) in [6.45, 7) is 3.39. The van der Waals surface area contributed by atoms with Gasteiger partial charge in [0.15, 0.2) is 0 Å². The molecule has 17 heavy (non-hydrogen) atoms. The predicted octanol–water partition coefficient (Wildman–Crippen LogP) is 1.61. The van der Waals surface area contributed by atoms with Crippen LogP contribution in [0.1, 0.15) is 51.9 Å². The number of hydrogen-bond donors (Lipinski definition) is 2. The Balaban J connectivity index is 2.20. The van der Waals surface area contributed by atoms with Gasteiger partial charge in [-0.05, 0) is 19.8 Å². The lowest BCUT2D eigenvalue weighted by atomic mass is 9.94. The van der Waals surface area contributed by atoms with Crippen LogP contribution in [0, 0.1) is 0 Å². The number of rotatable bonds is 6. The molecule has 2 N–H and O–H groups in total. The van der Waals surface area contributed by atoms with Crippen LogP contribution >= 0.6 is 0 Å². The second kappa shape index (κ2) is 7.67. The van der Waals surface area contributed by atoms with E-state index in [1.807, 2.05) is 6.92 Å². The maximum Gasteiger partial charge on any atom is 0.222 e. The third-order valence-corrected chi connectivity index (χ3v) is 3.33. The van der Waals surface area contributed by atoms with E-state index in [9.17, 15) is 9.90 Å². The summed E-state index contributed by atoms with van der Waals surface area (Å²) in [5.41, 5.74) is -0.683. The molecule has 1 rings (SSSR count). The molecule has 1 aliphatic carbocycles. The number of aliphatic hydroxyl groups is 1. The molecule has 1 fully saturated rings. The van der Waals surface area contributed by atoms with E-state index in [-0.39, 0.29) is 5.91 Å². The van der Waals surface area contributed by atoms with Crippen molar-refractivity contribution in [3.05, 3.63) is 0 Å². The lowest BCUT2D eigenvalue weighted by Gasteiger charge is -2.26. The largest absolute Gasteiger partial charge is 0.388 e. The molecule has 1 aliphatic rings. The van der Waals surface area contributed by atoms with Gasteiger partial charge in [-0.2, -0.15) is 0 Å². The van der Waals surface area contributed by atoms with Crippen LogP contribution in [0.15, 0.2) is 0 Å².